The van der Waals surface area contributed by atoms with Gasteiger partial charge in [0, 0.05) is 0 Å². The maximum Gasteiger partial charge on any atom is 1.00 e. The molecule has 0 bridgehead atoms. The molecule has 1 aromatic carbocycles. The van der Waals surface area contributed by atoms with E-state index < -0.39 is 32.5 Å². The minimum Gasteiger partial charge on any atom is -1.00 e. The van der Waals surface area contributed by atoms with Crippen molar-refractivity contribution in [3.8, 4) is 0 Å². The van der Waals surface area contributed by atoms with Gasteiger partial charge in [0.2, 0.25) is 0 Å². The zero-order valence-electron chi connectivity index (χ0n) is 11.5. The van der Waals surface area contributed by atoms with Crippen LogP contribution in [0.3, 0.4) is 0 Å². The molecule has 0 radical (unpaired) electrons. The molecule has 0 aliphatic rings. The predicted octanol–water partition coefficient (Wildman–Crippen LogP) is -1.94. The van der Waals surface area contributed by atoms with E-state index in [9.17, 15) is 18.0 Å². The Kier molecular flexibility index (Phi) is 5.72. The average molecular weight is 298 g/mol. The minimum atomic E-state index is -4.75. The largest absolute Gasteiger partial charge is 1.00 e. The molecular weight excluding hydrogens is 287 g/mol. The molecule has 9 heteroatoms. The molecule has 0 aromatic heterocycles. The molecule has 0 unspecified atom stereocenters. The summed E-state index contributed by atoms with van der Waals surface area (Å²) in [6.45, 7) is 2.38. The molecule has 0 aliphatic heterocycles. The van der Waals surface area contributed by atoms with Gasteiger partial charge in [0.25, 0.3) is 10.1 Å². The van der Waals surface area contributed by atoms with Gasteiger partial charge in [-0.15, -0.1) is 0 Å². The van der Waals surface area contributed by atoms with Gasteiger partial charge in [0.1, 0.15) is 4.90 Å². The van der Waals surface area contributed by atoms with E-state index in [1.54, 1.807) is 0 Å². The van der Waals surface area contributed by atoms with Crippen molar-refractivity contribution < 1.29 is 63.8 Å². The Bertz CT molecular complexity index is 654. The summed E-state index contributed by atoms with van der Waals surface area (Å²) in [5.41, 5.74) is -1.42. The fourth-order valence-electron chi connectivity index (χ4n) is 1.70. The number of carboxylic acid groups (broad SMARTS) is 2. The van der Waals surface area contributed by atoms with Crippen LogP contribution in [0.2, 0.25) is 0 Å². The molecule has 1 aromatic rings. The van der Waals surface area contributed by atoms with Crippen LogP contribution < -0.4 is 29.6 Å². The van der Waals surface area contributed by atoms with E-state index in [1.807, 2.05) is 0 Å². The van der Waals surface area contributed by atoms with Gasteiger partial charge in [-0.25, -0.2) is 9.59 Å². The summed E-state index contributed by atoms with van der Waals surface area (Å²) < 4.78 is 31.3. The topological polar surface area (TPSA) is 129 Å². The molecule has 7 nitrogen and oxygen atoms in total. The average Bonchev–Trinajstić information content (AvgIpc) is 2.17. The smallest absolute Gasteiger partial charge is 1.00 e. The summed E-state index contributed by atoms with van der Waals surface area (Å²) in [4.78, 5) is 21.2. The quantitative estimate of drug-likeness (QED) is 0.437. The van der Waals surface area contributed by atoms with Gasteiger partial charge >= 0.3 is 41.5 Å². The van der Waals surface area contributed by atoms with Gasteiger partial charge in [-0.1, -0.05) is 0 Å². The third-order valence-corrected chi connectivity index (χ3v) is 3.47. The Morgan fingerprint density at radius 2 is 1.63 bits per heavy atom. The van der Waals surface area contributed by atoms with Gasteiger partial charge in [-0.2, -0.15) is 8.42 Å². The van der Waals surface area contributed by atoms with Crippen LogP contribution in [0.4, 0.5) is 0 Å². The predicted molar refractivity (Wildman–Crippen MR) is 60.8 cm³/mol. The second kappa shape index (κ2) is 6.02. The maximum absolute atomic E-state index is 11.2. The van der Waals surface area contributed by atoms with Gasteiger partial charge < -0.3 is 11.6 Å². The monoisotopic (exact) mass is 298 g/mol. The van der Waals surface area contributed by atoms with Crippen molar-refractivity contribution in [2.24, 2.45) is 0 Å². The Hall–Kier alpha value is -0.930. The summed E-state index contributed by atoms with van der Waals surface area (Å²) in [6.07, 6.45) is 0. The third kappa shape index (κ3) is 3.54. The van der Waals surface area contributed by atoms with Gasteiger partial charge in [-0.05, 0) is 31.0 Å². The number of hydrogen-bond acceptors (Lipinski definition) is 4. The van der Waals surface area contributed by atoms with Crippen LogP contribution in [0.15, 0.2) is 11.0 Å². The Balaban J connectivity index is 0. The van der Waals surface area contributed by atoms with Crippen LogP contribution in [-0.4, -0.2) is 35.1 Å². The number of carbonyl (C=O) groups is 2. The summed E-state index contributed by atoms with van der Waals surface area (Å²) in [7, 11) is -4.75. The van der Waals surface area contributed by atoms with E-state index >= 15 is 0 Å². The number of benzene rings is 1. The molecule has 1 rings (SSSR count). The molecule has 0 saturated heterocycles. The van der Waals surface area contributed by atoms with Gasteiger partial charge in [0.05, 0.1) is 11.1 Å². The van der Waals surface area contributed by atoms with E-state index in [0.29, 0.717) is 0 Å². The molecule has 3 N–H and O–H groups in total. The molecule has 0 spiro atoms. The first-order valence-electron chi connectivity index (χ1n) is 4.65. The van der Waals surface area contributed by atoms with Gasteiger partial charge in [0.15, 0.2) is 0 Å². The summed E-state index contributed by atoms with van der Waals surface area (Å²) >= 11 is 0. The van der Waals surface area contributed by atoms with Crippen LogP contribution in [0, 0.1) is 13.8 Å². The summed E-state index contributed by atoms with van der Waals surface area (Å²) in [5.74, 6) is -2.99. The molecule has 0 saturated carbocycles. The molecule has 0 fully saturated rings. The zero-order valence-corrected chi connectivity index (χ0v) is 13.3. The number of hydrogen-bond donors (Lipinski definition) is 3. The van der Waals surface area contributed by atoms with Crippen LogP contribution >= 0.6 is 0 Å². The first-order valence-corrected chi connectivity index (χ1v) is 6.09. The molecule has 0 atom stereocenters. The summed E-state index contributed by atoms with van der Waals surface area (Å²) in [5, 5.41) is 17.9. The molecule has 0 aliphatic carbocycles. The van der Waals surface area contributed by atoms with Crippen molar-refractivity contribution in [2.45, 2.75) is 18.7 Å². The third-order valence-electron chi connectivity index (χ3n) is 2.43. The SMILES string of the molecule is Cc1cc(C(=O)O)c(C)c(C(=O)O)c1S(=O)(=O)O.[H-].[Na+]. The van der Waals surface area contributed by atoms with E-state index in [-0.39, 0.29) is 47.7 Å². The number of carboxylic acids is 2. The molecular formula is C10H11NaO7S. The van der Waals surface area contributed by atoms with Crippen molar-refractivity contribution in [3.05, 3.63) is 28.3 Å². The van der Waals surface area contributed by atoms with Crippen LogP contribution in [0.1, 0.15) is 33.3 Å². The Morgan fingerprint density at radius 1 is 1.16 bits per heavy atom. The van der Waals surface area contributed by atoms with Crippen LogP contribution in [-0.2, 0) is 10.1 Å². The van der Waals surface area contributed by atoms with E-state index in [0.717, 1.165) is 6.07 Å². The minimum absolute atomic E-state index is 0. The standard InChI is InChI=1S/C10H10O7S.Na.H/c1-4-3-6(9(11)12)5(2)7(10(13)14)8(4)18(15,16)17;;/h3H,1-2H3,(H,11,12)(H,13,14)(H,15,16,17);;/q;+1;-1. The Labute approximate surface area is 132 Å². The van der Waals surface area contributed by atoms with E-state index in [4.69, 9.17) is 14.8 Å². The fourth-order valence-corrected chi connectivity index (χ4v) is 2.67. The zero-order chi connectivity index (χ0) is 14.2. The molecule has 19 heavy (non-hydrogen) atoms. The first kappa shape index (κ1) is 18.1. The van der Waals surface area contributed by atoms with Crippen LogP contribution in [0.5, 0.6) is 0 Å². The number of aryl methyl sites for hydroxylation is 1. The molecule has 0 heterocycles. The van der Waals surface area contributed by atoms with Crippen molar-refractivity contribution in [2.75, 3.05) is 0 Å². The van der Waals surface area contributed by atoms with Crippen molar-refractivity contribution in [1.82, 2.24) is 0 Å². The molecule has 0 amide bonds. The van der Waals surface area contributed by atoms with Crippen LogP contribution in [0.25, 0.3) is 0 Å². The second-order valence-corrected chi connectivity index (χ2v) is 5.01. The first-order chi connectivity index (χ1) is 8.07. The normalized spacial score (nSPS) is 10.7. The Morgan fingerprint density at radius 3 is 1.95 bits per heavy atom. The molecule has 100 valence electrons. The van der Waals surface area contributed by atoms with Crippen molar-refractivity contribution in [3.63, 3.8) is 0 Å². The fraction of sp³-hybridized carbons (Fsp3) is 0.200. The van der Waals surface area contributed by atoms with E-state index in [2.05, 4.69) is 0 Å². The number of aromatic carboxylic acids is 2. The van der Waals surface area contributed by atoms with Gasteiger partial charge in [-0.3, -0.25) is 4.55 Å². The van der Waals surface area contributed by atoms with Crippen molar-refractivity contribution >= 4 is 22.1 Å². The maximum atomic E-state index is 11.2. The second-order valence-electron chi connectivity index (χ2n) is 3.66. The van der Waals surface area contributed by atoms with Crippen molar-refractivity contribution in [1.29, 1.82) is 0 Å². The number of rotatable bonds is 3. The summed E-state index contributed by atoms with van der Waals surface area (Å²) in [6, 6.07) is 1.01. The van der Waals surface area contributed by atoms with E-state index in [1.165, 1.54) is 13.8 Å².